The van der Waals surface area contributed by atoms with Crippen LogP contribution in [-0.2, 0) is 9.53 Å². The number of nitrogens with one attached hydrogen (secondary N) is 2. The van der Waals surface area contributed by atoms with E-state index in [-0.39, 0.29) is 6.61 Å². The third kappa shape index (κ3) is 6.21. The van der Waals surface area contributed by atoms with Crippen molar-refractivity contribution in [2.24, 2.45) is 5.73 Å². The first-order valence-corrected chi connectivity index (χ1v) is 4.06. The van der Waals surface area contributed by atoms with Crippen molar-refractivity contribution in [1.82, 2.24) is 10.9 Å². The molecule has 4 N–H and O–H groups in total. The highest BCUT2D eigenvalue weighted by Crippen LogP contribution is 1.89. The molecular formula is C6H12N4O5. The Morgan fingerprint density at radius 3 is 2.60 bits per heavy atom. The van der Waals surface area contributed by atoms with Crippen molar-refractivity contribution in [1.29, 1.82) is 0 Å². The van der Waals surface area contributed by atoms with Gasteiger partial charge in [0.1, 0.15) is 0 Å². The maximum atomic E-state index is 11.1. The molecule has 1 atom stereocenters. The summed E-state index contributed by atoms with van der Waals surface area (Å²) in [6, 6.07) is -2.21. The summed E-state index contributed by atoms with van der Waals surface area (Å²) >= 11 is 0. The number of nitrogens with two attached hydrogens (primary N) is 1. The lowest BCUT2D eigenvalue weighted by Gasteiger charge is -2.12. The predicted octanol–water partition coefficient (Wildman–Crippen LogP) is -1.63. The molecule has 1 unspecified atom stereocenters. The van der Waals surface area contributed by atoms with Crippen LogP contribution >= 0.6 is 0 Å². The molecule has 2 amide bonds. The smallest absolute Gasteiger partial charge is 0.331 e. The Balaban J connectivity index is 4.23. The molecule has 0 saturated heterocycles. The standard InChI is InChI=1S/C6H12N4O5/c1-2-15-5(11)4(3-10(13)14)8-9-6(7)12/h4,8H,2-3H2,1H3,(H3,7,9,12). The van der Waals surface area contributed by atoms with E-state index >= 15 is 0 Å². The minimum atomic E-state index is -1.26. The fraction of sp³-hybridized carbons (Fsp3) is 0.667. The van der Waals surface area contributed by atoms with Crippen LogP contribution in [0.4, 0.5) is 4.79 Å². The molecule has 86 valence electrons. The van der Waals surface area contributed by atoms with E-state index < -0.39 is 29.5 Å². The van der Waals surface area contributed by atoms with Crippen LogP contribution in [0, 0.1) is 10.1 Å². The van der Waals surface area contributed by atoms with E-state index in [2.05, 4.69) is 10.2 Å². The monoisotopic (exact) mass is 220 g/mol. The normalized spacial score (nSPS) is 11.5. The van der Waals surface area contributed by atoms with E-state index in [4.69, 9.17) is 5.73 Å². The van der Waals surface area contributed by atoms with Gasteiger partial charge in [-0.3, -0.25) is 20.3 Å². The van der Waals surface area contributed by atoms with Gasteiger partial charge in [-0.1, -0.05) is 0 Å². The molecule has 0 aliphatic carbocycles. The summed E-state index contributed by atoms with van der Waals surface area (Å²) in [6.45, 7) is 0.938. The number of carbonyl (C=O) groups excluding carboxylic acids is 2. The van der Waals surface area contributed by atoms with Gasteiger partial charge in [0.25, 0.3) is 0 Å². The van der Waals surface area contributed by atoms with Crippen molar-refractivity contribution in [3.8, 4) is 0 Å². The van der Waals surface area contributed by atoms with Crippen LogP contribution in [0.1, 0.15) is 6.92 Å². The number of urea groups is 1. The lowest BCUT2D eigenvalue weighted by atomic mass is 10.3. The summed E-state index contributed by atoms with van der Waals surface area (Å²) in [5.74, 6) is -0.831. The number of primary amides is 1. The summed E-state index contributed by atoms with van der Waals surface area (Å²) in [5.41, 5.74) is 8.68. The van der Waals surface area contributed by atoms with E-state index in [9.17, 15) is 19.7 Å². The van der Waals surface area contributed by atoms with Crippen LogP contribution in [0.15, 0.2) is 0 Å². The van der Waals surface area contributed by atoms with Gasteiger partial charge in [-0.05, 0) is 6.92 Å². The minimum absolute atomic E-state index is 0.0886. The maximum absolute atomic E-state index is 11.1. The van der Waals surface area contributed by atoms with Crippen LogP contribution in [0.2, 0.25) is 0 Å². The van der Waals surface area contributed by atoms with Crippen LogP contribution in [-0.4, -0.2) is 36.1 Å². The van der Waals surface area contributed by atoms with Gasteiger partial charge in [0.15, 0.2) is 6.04 Å². The summed E-state index contributed by atoms with van der Waals surface area (Å²) < 4.78 is 4.54. The predicted molar refractivity (Wildman–Crippen MR) is 48.1 cm³/mol. The Morgan fingerprint density at radius 1 is 1.60 bits per heavy atom. The summed E-state index contributed by atoms with van der Waals surface area (Å²) in [6.07, 6.45) is 0. The topological polar surface area (TPSA) is 137 Å². The van der Waals surface area contributed by atoms with E-state index in [1.165, 1.54) is 0 Å². The fourth-order valence-electron chi connectivity index (χ4n) is 0.729. The average molecular weight is 220 g/mol. The third-order valence-electron chi connectivity index (χ3n) is 1.27. The highest BCUT2D eigenvalue weighted by Gasteiger charge is 2.25. The first-order chi connectivity index (χ1) is 6.97. The molecule has 0 bridgehead atoms. The van der Waals surface area contributed by atoms with Gasteiger partial charge in [-0.2, -0.15) is 0 Å². The second kappa shape index (κ2) is 6.54. The zero-order chi connectivity index (χ0) is 11.8. The highest BCUT2D eigenvalue weighted by atomic mass is 16.6. The molecule has 15 heavy (non-hydrogen) atoms. The molecule has 0 fully saturated rings. The van der Waals surface area contributed by atoms with E-state index in [0.717, 1.165) is 0 Å². The second-order valence-electron chi connectivity index (χ2n) is 2.45. The number of carbonyl (C=O) groups is 2. The van der Waals surface area contributed by atoms with Gasteiger partial charge in [0.2, 0.25) is 6.54 Å². The van der Waals surface area contributed by atoms with E-state index in [1.54, 1.807) is 6.92 Å². The molecule has 9 nitrogen and oxygen atoms in total. The Labute approximate surface area is 85.1 Å². The zero-order valence-electron chi connectivity index (χ0n) is 8.06. The highest BCUT2D eigenvalue weighted by molar-refractivity contribution is 5.77. The third-order valence-corrected chi connectivity index (χ3v) is 1.27. The largest absolute Gasteiger partial charge is 0.465 e. The molecular weight excluding hydrogens is 208 g/mol. The van der Waals surface area contributed by atoms with Crippen LogP contribution < -0.4 is 16.6 Å². The molecule has 0 heterocycles. The average Bonchev–Trinajstić information content (AvgIpc) is 2.11. The lowest BCUT2D eigenvalue weighted by molar-refractivity contribution is -0.482. The number of hydrazine groups is 1. The molecule has 0 aromatic carbocycles. The summed E-state index contributed by atoms with van der Waals surface area (Å²) in [5, 5.41) is 10.2. The van der Waals surface area contributed by atoms with Gasteiger partial charge in [0, 0.05) is 4.92 Å². The number of esters is 1. The van der Waals surface area contributed by atoms with Crippen molar-refractivity contribution < 1.29 is 19.2 Å². The Kier molecular flexibility index (Phi) is 5.71. The molecule has 0 aromatic rings. The molecule has 0 spiro atoms. The molecule has 0 radical (unpaired) electrons. The van der Waals surface area contributed by atoms with Gasteiger partial charge in [-0.25, -0.2) is 10.2 Å². The van der Waals surface area contributed by atoms with Crippen LogP contribution in [0.3, 0.4) is 0 Å². The van der Waals surface area contributed by atoms with Crippen molar-refractivity contribution in [3.05, 3.63) is 10.1 Å². The number of hydrogen-bond acceptors (Lipinski definition) is 6. The number of nitro groups is 1. The Morgan fingerprint density at radius 2 is 2.20 bits per heavy atom. The van der Waals surface area contributed by atoms with Crippen molar-refractivity contribution in [2.75, 3.05) is 13.2 Å². The van der Waals surface area contributed by atoms with Gasteiger partial charge in [0.05, 0.1) is 6.61 Å². The summed E-state index contributed by atoms with van der Waals surface area (Å²) in [7, 11) is 0. The molecule has 9 heteroatoms. The second-order valence-corrected chi connectivity index (χ2v) is 2.45. The number of rotatable bonds is 6. The van der Waals surface area contributed by atoms with Crippen molar-refractivity contribution in [3.63, 3.8) is 0 Å². The van der Waals surface area contributed by atoms with Crippen LogP contribution in [0.25, 0.3) is 0 Å². The number of ether oxygens (including phenoxy) is 1. The van der Waals surface area contributed by atoms with Gasteiger partial charge < -0.3 is 10.5 Å². The molecule has 0 aliphatic rings. The molecule has 0 rings (SSSR count). The number of nitrogens with zero attached hydrogens (tertiary/aromatic N) is 1. The molecule has 0 aromatic heterocycles. The fourth-order valence-corrected chi connectivity index (χ4v) is 0.729. The van der Waals surface area contributed by atoms with Crippen molar-refractivity contribution in [2.45, 2.75) is 13.0 Å². The number of amides is 2. The zero-order valence-corrected chi connectivity index (χ0v) is 8.06. The SMILES string of the molecule is CCOC(=O)C(C[N+](=O)[O-])NNC(N)=O. The quantitative estimate of drug-likeness (QED) is 0.279. The van der Waals surface area contributed by atoms with Crippen LogP contribution in [0.5, 0.6) is 0 Å². The maximum Gasteiger partial charge on any atom is 0.331 e. The first kappa shape index (κ1) is 13.1. The van der Waals surface area contributed by atoms with Crippen molar-refractivity contribution >= 4 is 12.0 Å². The number of hydrogen-bond donors (Lipinski definition) is 3. The van der Waals surface area contributed by atoms with Gasteiger partial charge in [-0.15, -0.1) is 0 Å². The minimum Gasteiger partial charge on any atom is -0.465 e. The summed E-state index contributed by atoms with van der Waals surface area (Å²) in [4.78, 5) is 30.9. The Bertz CT molecular complexity index is 256. The molecule has 0 aliphatic heterocycles. The van der Waals surface area contributed by atoms with E-state index in [0.29, 0.717) is 0 Å². The Hall–Kier alpha value is -1.90. The molecule has 0 saturated carbocycles. The van der Waals surface area contributed by atoms with E-state index in [1.807, 2.05) is 5.43 Å². The first-order valence-electron chi connectivity index (χ1n) is 4.06. The lowest BCUT2D eigenvalue weighted by Crippen LogP contribution is -2.53. The van der Waals surface area contributed by atoms with Gasteiger partial charge >= 0.3 is 12.0 Å².